The van der Waals surface area contributed by atoms with Gasteiger partial charge in [-0.2, -0.15) is 0 Å². The summed E-state index contributed by atoms with van der Waals surface area (Å²) in [7, 11) is 0. The summed E-state index contributed by atoms with van der Waals surface area (Å²) in [6.07, 6.45) is 0. The molecule has 0 aliphatic carbocycles. The fraction of sp³-hybridized carbons (Fsp3) is 0.308. The number of nitrogens with two attached hydrogens (primary N) is 1. The van der Waals surface area contributed by atoms with Crippen LogP contribution in [0.25, 0.3) is 10.2 Å². The van der Waals surface area contributed by atoms with Crippen molar-refractivity contribution in [3.05, 3.63) is 29.3 Å². The molecule has 0 amide bonds. The van der Waals surface area contributed by atoms with Crippen LogP contribution in [-0.4, -0.2) is 27.3 Å². The maximum absolute atomic E-state index is 12.4. The van der Waals surface area contributed by atoms with Crippen LogP contribution in [0.1, 0.15) is 16.7 Å². The fourth-order valence-corrected chi connectivity index (χ4v) is 3.30. The van der Waals surface area contributed by atoms with E-state index >= 15 is 0 Å². The van der Waals surface area contributed by atoms with Gasteiger partial charge in [-0.1, -0.05) is 35.0 Å². The lowest BCUT2D eigenvalue weighted by Gasteiger charge is -2.16. The zero-order chi connectivity index (χ0) is 14.7. The number of hydrogen-bond donors (Lipinski definition) is 2. The lowest BCUT2D eigenvalue weighted by Crippen LogP contribution is -2.37. The van der Waals surface area contributed by atoms with Crippen LogP contribution in [0.4, 0.5) is 0 Å². The van der Waals surface area contributed by atoms with Crippen molar-refractivity contribution in [1.82, 2.24) is 10.3 Å². The van der Waals surface area contributed by atoms with Crippen LogP contribution in [0.5, 0.6) is 0 Å². The normalized spacial score (nSPS) is 13.9. The van der Waals surface area contributed by atoms with Gasteiger partial charge in [0, 0.05) is 6.54 Å². The molecule has 1 aromatic carbocycles. The number of nitrogens with one attached hydrogen (secondary N) is 1. The predicted octanol–water partition coefficient (Wildman–Crippen LogP) is 2.71. The summed E-state index contributed by atoms with van der Waals surface area (Å²) < 4.78 is 1.02. The van der Waals surface area contributed by atoms with Gasteiger partial charge in [-0.3, -0.25) is 4.79 Å². The third-order valence-electron chi connectivity index (χ3n) is 2.85. The summed E-state index contributed by atoms with van der Waals surface area (Å²) in [5.41, 5.74) is 6.24. The van der Waals surface area contributed by atoms with Crippen LogP contribution in [-0.2, 0) is 0 Å². The van der Waals surface area contributed by atoms with E-state index in [1.807, 2.05) is 31.2 Å². The van der Waals surface area contributed by atoms with Crippen LogP contribution >= 0.6 is 39.5 Å². The Labute approximate surface area is 134 Å². The van der Waals surface area contributed by atoms with Gasteiger partial charge in [0.15, 0.2) is 10.1 Å². The number of rotatable bonds is 5. The van der Waals surface area contributed by atoms with Crippen molar-refractivity contribution in [2.75, 3.05) is 6.54 Å². The number of carbonyl (C=O) groups excluding carboxylic acids is 1. The minimum absolute atomic E-state index is 0.0107. The van der Waals surface area contributed by atoms with Crippen molar-refractivity contribution in [3.8, 4) is 0 Å². The number of para-hydroxylation sites is 1. The van der Waals surface area contributed by atoms with E-state index in [0.717, 1.165) is 10.2 Å². The van der Waals surface area contributed by atoms with Crippen LogP contribution in [0.15, 0.2) is 24.3 Å². The number of Topliss-reactive ketones (excluding diaryl/α,β-unsaturated/α-hetero) is 1. The maximum atomic E-state index is 12.4. The standard InChI is InChI=1S/C13H14BrN3OS2/c1-7(6-16-13(15)19)10(14)11(18)12-17-8-4-2-3-5-9(8)20-12/h2-5,7,10H,6H2,1H3,(H3,15,16,19). The van der Waals surface area contributed by atoms with Gasteiger partial charge in [0.2, 0.25) is 5.78 Å². The number of carbonyl (C=O) groups is 1. The van der Waals surface area contributed by atoms with E-state index in [4.69, 9.17) is 18.0 Å². The predicted molar refractivity (Wildman–Crippen MR) is 90.6 cm³/mol. The second-order valence-electron chi connectivity index (χ2n) is 4.48. The Morgan fingerprint density at radius 3 is 2.90 bits per heavy atom. The molecule has 0 aliphatic heterocycles. The molecule has 0 saturated heterocycles. The highest BCUT2D eigenvalue weighted by Gasteiger charge is 2.25. The Kier molecular flexibility index (Phi) is 5.06. The first-order chi connectivity index (χ1) is 9.49. The smallest absolute Gasteiger partial charge is 0.205 e. The lowest BCUT2D eigenvalue weighted by atomic mass is 10.1. The van der Waals surface area contributed by atoms with Crippen LogP contribution in [0.2, 0.25) is 0 Å². The molecular weight excluding hydrogens is 358 g/mol. The second kappa shape index (κ2) is 6.60. The minimum atomic E-state index is -0.315. The fourth-order valence-electron chi connectivity index (χ4n) is 1.72. The van der Waals surface area contributed by atoms with Gasteiger partial charge in [-0.05, 0) is 30.3 Å². The number of nitrogens with zero attached hydrogens (tertiary/aromatic N) is 1. The molecule has 0 fully saturated rings. The topological polar surface area (TPSA) is 68.0 Å². The van der Waals surface area contributed by atoms with Crippen molar-refractivity contribution < 1.29 is 4.79 Å². The molecule has 106 valence electrons. The number of ketones is 1. The first-order valence-electron chi connectivity index (χ1n) is 6.06. The van der Waals surface area contributed by atoms with Crippen LogP contribution < -0.4 is 11.1 Å². The molecule has 0 aliphatic rings. The third-order valence-corrected chi connectivity index (χ3v) is 5.37. The molecule has 0 bridgehead atoms. The highest BCUT2D eigenvalue weighted by molar-refractivity contribution is 9.10. The van der Waals surface area contributed by atoms with Gasteiger partial charge in [0.25, 0.3) is 0 Å². The molecule has 0 radical (unpaired) electrons. The zero-order valence-corrected chi connectivity index (χ0v) is 14.0. The van der Waals surface area contributed by atoms with Crippen molar-refractivity contribution >= 4 is 60.6 Å². The largest absolute Gasteiger partial charge is 0.376 e. The molecule has 7 heteroatoms. The Bertz CT molecular complexity index is 610. The number of aromatic nitrogens is 1. The molecule has 20 heavy (non-hydrogen) atoms. The molecule has 4 nitrogen and oxygen atoms in total. The van der Waals surface area contributed by atoms with Gasteiger partial charge < -0.3 is 11.1 Å². The van der Waals surface area contributed by atoms with E-state index in [1.54, 1.807) is 0 Å². The minimum Gasteiger partial charge on any atom is -0.376 e. The maximum Gasteiger partial charge on any atom is 0.205 e. The second-order valence-corrected chi connectivity index (χ2v) is 6.93. The molecule has 2 aromatic rings. The van der Waals surface area contributed by atoms with E-state index in [1.165, 1.54) is 11.3 Å². The Morgan fingerprint density at radius 1 is 1.55 bits per heavy atom. The quantitative estimate of drug-likeness (QED) is 0.480. The summed E-state index contributed by atoms with van der Waals surface area (Å²) in [6, 6.07) is 7.72. The van der Waals surface area contributed by atoms with E-state index in [-0.39, 0.29) is 21.6 Å². The summed E-state index contributed by atoms with van der Waals surface area (Å²) in [5.74, 6) is 0.0412. The lowest BCUT2D eigenvalue weighted by molar-refractivity contribution is 0.0975. The summed E-state index contributed by atoms with van der Waals surface area (Å²) >= 11 is 9.62. The summed E-state index contributed by atoms with van der Waals surface area (Å²) in [5, 5.41) is 3.63. The monoisotopic (exact) mass is 371 g/mol. The zero-order valence-electron chi connectivity index (χ0n) is 10.8. The van der Waals surface area contributed by atoms with Crippen LogP contribution in [0.3, 0.4) is 0 Å². The van der Waals surface area contributed by atoms with Crippen molar-refractivity contribution in [3.63, 3.8) is 0 Å². The van der Waals surface area contributed by atoms with E-state index in [0.29, 0.717) is 11.6 Å². The van der Waals surface area contributed by atoms with Crippen molar-refractivity contribution in [2.45, 2.75) is 11.8 Å². The molecule has 3 N–H and O–H groups in total. The molecule has 2 unspecified atom stereocenters. The Morgan fingerprint density at radius 2 is 2.25 bits per heavy atom. The van der Waals surface area contributed by atoms with Gasteiger partial charge in [0.05, 0.1) is 15.0 Å². The van der Waals surface area contributed by atoms with E-state index in [2.05, 4.69) is 26.2 Å². The number of benzene rings is 1. The first-order valence-corrected chi connectivity index (χ1v) is 8.20. The van der Waals surface area contributed by atoms with Gasteiger partial charge in [0.1, 0.15) is 0 Å². The number of halogens is 1. The number of alkyl halides is 1. The van der Waals surface area contributed by atoms with Gasteiger partial charge in [-0.15, -0.1) is 11.3 Å². The number of thiocarbonyl (C=S) groups is 1. The molecule has 1 heterocycles. The average Bonchev–Trinajstić information content (AvgIpc) is 2.86. The number of fused-ring (bicyclic) bond motifs is 1. The summed E-state index contributed by atoms with van der Waals surface area (Å²) in [6.45, 7) is 2.50. The molecule has 2 atom stereocenters. The molecular formula is C13H14BrN3OS2. The van der Waals surface area contributed by atoms with Gasteiger partial charge >= 0.3 is 0 Å². The highest BCUT2D eigenvalue weighted by Crippen LogP contribution is 2.26. The molecule has 2 rings (SSSR count). The van der Waals surface area contributed by atoms with Crippen LogP contribution in [0, 0.1) is 5.92 Å². The first kappa shape index (κ1) is 15.3. The van der Waals surface area contributed by atoms with Crippen molar-refractivity contribution in [1.29, 1.82) is 0 Å². The third kappa shape index (κ3) is 3.53. The SMILES string of the molecule is CC(CNC(N)=S)C(Br)C(=O)c1nc2ccccc2s1. The summed E-state index contributed by atoms with van der Waals surface area (Å²) in [4.78, 5) is 16.5. The Balaban J connectivity index is 2.11. The molecule has 0 spiro atoms. The average molecular weight is 372 g/mol. The van der Waals surface area contributed by atoms with Gasteiger partial charge in [-0.25, -0.2) is 4.98 Å². The molecule has 0 saturated carbocycles. The van der Waals surface area contributed by atoms with E-state index < -0.39 is 0 Å². The van der Waals surface area contributed by atoms with Crippen molar-refractivity contribution in [2.24, 2.45) is 11.7 Å². The highest BCUT2D eigenvalue weighted by atomic mass is 79.9. The van der Waals surface area contributed by atoms with E-state index in [9.17, 15) is 4.79 Å². The number of thiazole rings is 1. The molecule has 1 aromatic heterocycles. The Hall–Kier alpha value is -1.05. The number of hydrogen-bond acceptors (Lipinski definition) is 4.